The highest BCUT2D eigenvalue weighted by molar-refractivity contribution is 5.70. The van der Waals surface area contributed by atoms with Crippen LogP contribution < -0.4 is 5.73 Å². The van der Waals surface area contributed by atoms with Crippen molar-refractivity contribution in [2.75, 3.05) is 6.54 Å². The number of hydrogen-bond acceptors (Lipinski definition) is 2. The van der Waals surface area contributed by atoms with E-state index in [1.165, 1.54) is 16.7 Å². The van der Waals surface area contributed by atoms with Gasteiger partial charge in [-0.3, -0.25) is 4.79 Å². The zero-order valence-electron chi connectivity index (χ0n) is 11.4. The second-order valence-electron chi connectivity index (χ2n) is 5.25. The summed E-state index contributed by atoms with van der Waals surface area (Å²) in [5.74, 6) is -0.884. The van der Waals surface area contributed by atoms with E-state index in [4.69, 9.17) is 10.8 Å². The molecule has 1 rings (SSSR count). The fraction of sp³-hybridized carbons (Fsp3) is 0.533. The summed E-state index contributed by atoms with van der Waals surface area (Å²) in [6, 6.07) is 6.41. The highest BCUT2D eigenvalue weighted by Gasteiger charge is 2.19. The van der Waals surface area contributed by atoms with Crippen molar-refractivity contribution in [3.8, 4) is 0 Å². The number of nitrogens with two attached hydrogens (primary N) is 1. The maximum absolute atomic E-state index is 11.0. The summed E-state index contributed by atoms with van der Waals surface area (Å²) >= 11 is 0. The molecule has 2 atom stereocenters. The van der Waals surface area contributed by atoms with E-state index in [-0.39, 0.29) is 6.54 Å². The molecule has 0 heterocycles. The second kappa shape index (κ2) is 6.55. The average Bonchev–Trinajstić information content (AvgIpc) is 2.30. The fourth-order valence-corrected chi connectivity index (χ4v) is 2.26. The molecular weight excluding hydrogens is 226 g/mol. The van der Waals surface area contributed by atoms with Crippen LogP contribution in [0.15, 0.2) is 18.2 Å². The molecule has 3 nitrogen and oxygen atoms in total. The monoisotopic (exact) mass is 249 g/mol. The first-order valence-electron chi connectivity index (χ1n) is 6.43. The molecule has 0 aliphatic carbocycles. The van der Waals surface area contributed by atoms with Crippen LogP contribution in [0.25, 0.3) is 0 Å². The lowest BCUT2D eigenvalue weighted by Gasteiger charge is -2.17. The van der Waals surface area contributed by atoms with Crippen LogP contribution in [-0.2, 0) is 11.2 Å². The number of rotatable bonds is 6. The average molecular weight is 249 g/mol. The van der Waals surface area contributed by atoms with E-state index < -0.39 is 11.9 Å². The van der Waals surface area contributed by atoms with Gasteiger partial charge in [0.2, 0.25) is 0 Å². The van der Waals surface area contributed by atoms with Crippen molar-refractivity contribution < 1.29 is 9.90 Å². The lowest BCUT2D eigenvalue weighted by Crippen LogP contribution is -2.25. The molecule has 0 spiro atoms. The van der Waals surface area contributed by atoms with E-state index in [0.717, 1.165) is 6.42 Å². The molecule has 0 aliphatic rings. The molecule has 1 aromatic rings. The standard InChI is InChI=1S/C15H23NO2/c1-10-4-5-12(3)13(6-10)7-11(2)8-14(9-16)15(17)18/h4-6,11,14H,7-9,16H2,1-3H3,(H,17,18). The molecule has 0 bridgehead atoms. The van der Waals surface area contributed by atoms with Crippen LogP contribution >= 0.6 is 0 Å². The lowest BCUT2D eigenvalue weighted by molar-refractivity contribution is -0.141. The highest BCUT2D eigenvalue weighted by Crippen LogP contribution is 2.20. The third-order valence-corrected chi connectivity index (χ3v) is 3.39. The quantitative estimate of drug-likeness (QED) is 0.814. The molecule has 18 heavy (non-hydrogen) atoms. The molecule has 100 valence electrons. The molecule has 3 heteroatoms. The third-order valence-electron chi connectivity index (χ3n) is 3.39. The predicted molar refractivity (Wildman–Crippen MR) is 73.6 cm³/mol. The minimum Gasteiger partial charge on any atom is -0.481 e. The van der Waals surface area contributed by atoms with Crippen molar-refractivity contribution in [1.29, 1.82) is 0 Å². The normalized spacial score (nSPS) is 14.2. The van der Waals surface area contributed by atoms with Crippen LogP contribution in [0.4, 0.5) is 0 Å². The van der Waals surface area contributed by atoms with Crippen molar-refractivity contribution in [1.82, 2.24) is 0 Å². The van der Waals surface area contributed by atoms with Crippen molar-refractivity contribution in [3.63, 3.8) is 0 Å². The Hall–Kier alpha value is -1.35. The van der Waals surface area contributed by atoms with Gasteiger partial charge in [-0.1, -0.05) is 30.7 Å². The van der Waals surface area contributed by atoms with Gasteiger partial charge in [0.1, 0.15) is 0 Å². The Morgan fingerprint density at radius 2 is 2.06 bits per heavy atom. The van der Waals surface area contributed by atoms with E-state index in [0.29, 0.717) is 12.3 Å². The van der Waals surface area contributed by atoms with Gasteiger partial charge in [0.15, 0.2) is 0 Å². The van der Waals surface area contributed by atoms with Gasteiger partial charge in [-0.15, -0.1) is 0 Å². The first-order chi connectivity index (χ1) is 8.43. The predicted octanol–water partition coefficient (Wildman–Crippen LogP) is 2.53. The van der Waals surface area contributed by atoms with E-state index in [1.807, 2.05) is 0 Å². The minimum atomic E-state index is -0.787. The number of carbonyl (C=O) groups is 1. The maximum Gasteiger partial charge on any atom is 0.307 e. The van der Waals surface area contributed by atoms with Crippen molar-refractivity contribution in [2.45, 2.75) is 33.6 Å². The Bertz CT molecular complexity index is 415. The van der Waals surface area contributed by atoms with E-state index in [1.54, 1.807) is 0 Å². The number of carboxylic acid groups (broad SMARTS) is 1. The Morgan fingerprint density at radius 3 is 2.61 bits per heavy atom. The summed E-state index contributed by atoms with van der Waals surface area (Å²) in [5, 5.41) is 9.01. The molecule has 0 saturated carbocycles. The van der Waals surface area contributed by atoms with Gasteiger partial charge >= 0.3 is 5.97 Å². The lowest BCUT2D eigenvalue weighted by atomic mass is 9.89. The molecule has 0 radical (unpaired) electrons. The number of carboxylic acids is 1. The summed E-state index contributed by atoms with van der Waals surface area (Å²) in [6.07, 6.45) is 1.55. The number of benzene rings is 1. The summed E-state index contributed by atoms with van der Waals surface area (Å²) in [7, 11) is 0. The summed E-state index contributed by atoms with van der Waals surface area (Å²) in [6.45, 7) is 6.48. The molecule has 0 amide bonds. The van der Waals surface area contributed by atoms with Gasteiger partial charge in [-0.25, -0.2) is 0 Å². The van der Waals surface area contributed by atoms with Gasteiger partial charge in [-0.05, 0) is 43.7 Å². The van der Waals surface area contributed by atoms with Crippen molar-refractivity contribution in [2.24, 2.45) is 17.6 Å². The Morgan fingerprint density at radius 1 is 1.39 bits per heavy atom. The smallest absolute Gasteiger partial charge is 0.307 e. The second-order valence-corrected chi connectivity index (χ2v) is 5.25. The van der Waals surface area contributed by atoms with Crippen LogP contribution in [0, 0.1) is 25.7 Å². The van der Waals surface area contributed by atoms with Gasteiger partial charge in [0.05, 0.1) is 5.92 Å². The fourth-order valence-electron chi connectivity index (χ4n) is 2.26. The van der Waals surface area contributed by atoms with Crippen LogP contribution in [0.2, 0.25) is 0 Å². The first kappa shape index (κ1) is 14.7. The Balaban J connectivity index is 2.66. The van der Waals surface area contributed by atoms with E-state index in [9.17, 15) is 4.79 Å². The number of aliphatic carboxylic acids is 1. The Labute approximate surface area is 109 Å². The van der Waals surface area contributed by atoms with Gasteiger partial charge in [0, 0.05) is 6.54 Å². The summed E-state index contributed by atoms with van der Waals surface area (Å²) in [4.78, 5) is 11.0. The van der Waals surface area contributed by atoms with Crippen LogP contribution in [0.1, 0.15) is 30.0 Å². The Kier molecular flexibility index (Phi) is 5.35. The highest BCUT2D eigenvalue weighted by atomic mass is 16.4. The van der Waals surface area contributed by atoms with Gasteiger partial charge < -0.3 is 10.8 Å². The zero-order valence-corrected chi connectivity index (χ0v) is 11.4. The van der Waals surface area contributed by atoms with E-state index >= 15 is 0 Å². The molecular formula is C15H23NO2. The molecule has 0 fully saturated rings. The first-order valence-corrected chi connectivity index (χ1v) is 6.43. The SMILES string of the molecule is Cc1ccc(C)c(CC(C)CC(CN)C(=O)O)c1. The van der Waals surface area contributed by atoms with E-state index in [2.05, 4.69) is 39.0 Å². The molecule has 0 aromatic heterocycles. The molecule has 0 aliphatic heterocycles. The third kappa shape index (κ3) is 4.15. The summed E-state index contributed by atoms with van der Waals surface area (Å²) in [5.41, 5.74) is 9.31. The van der Waals surface area contributed by atoms with Gasteiger partial charge in [-0.2, -0.15) is 0 Å². The topological polar surface area (TPSA) is 63.3 Å². The van der Waals surface area contributed by atoms with Crippen LogP contribution in [0.5, 0.6) is 0 Å². The number of hydrogen-bond donors (Lipinski definition) is 2. The largest absolute Gasteiger partial charge is 0.481 e. The molecule has 1 aromatic carbocycles. The van der Waals surface area contributed by atoms with Crippen LogP contribution in [-0.4, -0.2) is 17.6 Å². The molecule has 2 unspecified atom stereocenters. The van der Waals surface area contributed by atoms with Crippen LogP contribution in [0.3, 0.4) is 0 Å². The summed E-state index contributed by atoms with van der Waals surface area (Å²) < 4.78 is 0. The molecule has 3 N–H and O–H groups in total. The van der Waals surface area contributed by atoms with Crippen molar-refractivity contribution >= 4 is 5.97 Å². The molecule has 0 saturated heterocycles. The maximum atomic E-state index is 11.0. The van der Waals surface area contributed by atoms with Gasteiger partial charge in [0.25, 0.3) is 0 Å². The van der Waals surface area contributed by atoms with Crippen molar-refractivity contribution in [3.05, 3.63) is 34.9 Å². The minimum absolute atomic E-state index is 0.215. The number of aryl methyl sites for hydroxylation is 2. The zero-order chi connectivity index (χ0) is 13.7.